The minimum Gasteiger partial charge on any atom is -0.393 e. The second kappa shape index (κ2) is 9.94. The minimum absolute atomic E-state index is 0.0557. The van der Waals surface area contributed by atoms with Crippen LogP contribution in [0, 0.1) is 5.41 Å². The summed E-state index contributed by atoms with van der Waals surface area (Å²) in [4.78, 5) is 0. The summed E-state index contributed by atoms with van der Waals surface area (Å²) in [6, 6.07) is 0. The van der Waals surface area contributed by atoms with Crippen LogP contribution < -0.4 is 0 Å². The molecule has 1 nitrogen and oxygen atoms in total. The predicted molar refractivity (Wildman–Crippen MR) is 77.3 cm³/mol. The molecule has 0 aliphatic rings. The van der Waals surface area contributed by atoms with Crippen LogP contribution in [0.5, 0.6) is 0 Å². The molecule has 0 heterocycles. The maximum Gasteiger partial charge on any atom is 0.0588 e. The van der Waals surface area contributed by atoms with Gasteiger partial charge in [-0.15, -0.1) is 0 Å². The van der Waals surface area contributed by atoms with E-state index in [0.29, 0.717) is 0 Å². The summed E-state index contributed by atoms with van der Waals surface area (Å²) >= 11 is 0. The Morgan fingerprint density at radius 1 is 0.765 bits per heavy atom. The van der Waals surface area contributed by atoms with Crippen LogP contribution in [-0.4, -0.2) is 11.2 Å². The van der Waals surface area contributed by atoms with Crippen molar-refractivity contribution < 1.29 is 5.11 Å². The number of hydrogen-bond acceptors (Lipinski definition) is 1. The van der Waals surface area contributed by atoms with Crippen LogP contribution in [0.2, 0.25) is 0 Å². The molecular weight excluding hydrogens is 208 g/mol. The van der Waals surface area contributed by atoms with Crippen LogP contribution in [-0.2, 0) is 0 Å². The summed E-state index contributed by atoms with van der Waals surface area (Å²) in [5, 5.41) is 9.89. The van der Waals surface area contributed by atoms with Gasteiger partial charge in [-0.05, 0) is 11.8 Å². The van der Waals surface area contributed by atoms with Crippen molar-refractivity contribution in [2.45, 2.75) is 98.0 Å². The first kappa shape index (κ1) is 17.0. The van der Waals surface area contributed by atoms with Crippen LogP contribution in [0.25, 0.3) is 0 Å². The van der Waals surface area contributed by atoms with E-state index in [1.165, 1.54) is 57.8 Å². The van der Waals surface area contributed by atoms with Crippen molar-refractivity contribution in [3.63, 3.8) is 0 Å². The van der Waals surface area contributed by atoms with Crippen LogP contribution >= 0.6 is 0 Å². The molecule has 0 bridgehead atoms. The fraction of sp³-hybridized carbons (Fsp3) is 1.00. The van der Waals surface area contributed by atoms with E-state index >= 15 is 0 Å². The highest BCUT2D eigenvalue weighted by molar-refractivity contribution is 4.72. The monoisotopic (exact) mass is 242 g/mol. The molecule has 104 valence electrons. The maximum atomic E-state index is 9.89. The zero-order valence-electron chi connectivity index (χ0n) is 12.6. The minimum atomic E-state index is -0.132. The van der Waals surface area contributed by atoms with Crippen LogP contribution in [0.15, 0.2) is 0 Å². The molecule has 0 spiro atoms. The average molecular weight is 242 g/mol. The zero-order chi connectivity index (χ0) is 13.1. The quantitative estimate of drug-likeness (QED) is 0.514. The first-order valence-corrected chi connectivity index (χ1v) is 7.66. The van der Waals surface area contributed by atoms with Crippen molar-refractivity contribution >= 4 is 0 Å². The Morgan fingerprint density at radius 2 is 1.18 bits per heavy atom. The summed E-state index contributed by atoms with van der Waals surface area (Å²) in [6.45, 7) is 8.61. The van der Waals surface area contributed by atoms with Gasteiger partial charge in [0.05, 0.1) is 6.10 Å². The summed E-state index contributed by atoms with van der Waals surface area (Å²) in [5.74, 6) is 0. The van der Waals surface area contributed by atoms with E-state index in [1.54, 1.807) is 0 Å². The summed E-state index contributed by atoms with van der Waals surface area (Å²) < 4.78 is 0. The molecule has 0 aliphatic carbocycles. The smallest absolute Gasteiger partial charge is 0.0588 e. The van der Waals surface area contributed by atoms with Crippen LogP contribution in [0.4, 0.5) is 0 Å². The fourth-order valence-electron chi connectivity index (χ4n) is 2.08. The molecule has 0 fully saturated rings. The molecule has 0 saturated carbocycles. The zero-order valence-corrected chi connectivity index (χ0v) is 12.6. The Labute approximate surface area is 109 Å². The van der Waals surface area contributed by atoms with E-state index in [2.05, 4.69) is 27.7 Å². The molecule has 0 aromatic rings. The first-order valence-electron chi connectivity index (χ1n) is 7.66. The van der Waals surface area contributed by atoms with Crippen molar-refractivity contribution in [3.8, 4) is 0 Å². The molecule has 0 aromatic heterocycles. The van der Waals surface area contributed by atoms with Gasteiger partial charge in [-0.3, -0.25) is 0 Å². The van der Waals surface area contributed by atoms with E-state index < -0.39 is 0 Å². The number of aliphatic hydroxyl groups excluding tert-OH is 1. The van der Waals surface area contributed by atoms with Crippen LogP contribution in [0.1, 0.15) is 91.9 Å². The third kappa shape index (κ3) is 10.8. The second-order valence-electron chi connectivity index (χ2n) is 6.50. The summed E-state index contributed by atoms with van der Waals surface area (Å²) in [5.41, 5.74) is 0.0557. The van der Waals surface area contributed by atoms with Gasteiger partial charge in [0, 0.05) is 0 Å². The van der Waals surface area contributed by atoms with E-state index in [9.17, 15) is 5.11 Å². The Hall–Kier alpha value is -0.0400. The molecule has 0 radical (unpaired) electrons. The van der Waals surface area contributed by atoms with Gasteiger partial charge in [-0.1, -0.05) is 85.5 Å². The van der Waals surface area contributed by atoms with E-state index in [0.717, 1.165) is 6.42 Å². The van der Waals surface area contributed by atoms with E-state index in [-0.39, 0.29) is 11.5 Å². The molecule has 0 amide bonds. The van der Waals surface area contributed by atoms with Crippen molar-refractivity contribution in [2.75, 3.05) is 0 Å². The highest BCUT2D eigenvalue weighted by atomic mass is 16.3. The maximum absolute atomic E-state index is 9.89. The Bertz CT molecular complexity index is 157. The molecule has 0 rings (SSSR count). The fourth-order valence-corrected chi connectivity index (χ4v) is 2.08. The lowest BCUT2D eigenvalue weighted by molar-refractivity contribution is 0.0533. The molecule has 0 unspecified atom stereocenters. The SMILES string of the molecule is CCCCCCCCCCC[C@@H](O)C(C)(C)C. The van der Waals surface area contributed by atoms with Gasteiger partial charge in [-0.25, -0.2) is 0 Å². The number of unbranched alkanes of at least 4 members (excludes halogenated alkanes) is 8. The van der Waals surface area contributed by atoms with Gasteiger partial charge < -0.3 is 5.11 Å². The lowest BCUT2D eigenvalue weighted by Crippen LogP contribution is -2.25. The van der Waals surface area contributed by atoms with Crippen LogP contribution in [0.3, 0.4) is 0 Å². The first-order chi connectivity index (χ1) is 7.98. The van der Waals surface area contributed by atoms with E-state index in [1.807, 2.05) is 0 Å². The predicted octanol–water partition coefficient (Wildman–Crippen LogP) is 5.31. The highest BCUT2D eigenvalue weighted by Gasteiger charge is 2.20. The molecule has 1 N–H and O–H groups in total. The van der Waals surface area contributed by atoms with Crippen molar-refractivity contribution in [1.82, 2.24) is 0 Å². The summed E-state index contributed by atoms with van der Waals surface area (Å²) in [7, 11) is 0. The Morgan fingerprint density at radius 3 is 1.59 bits per heavy atom. The van der Waals surface area contributed by atoms with Gasteiger partial charge in [-0.2, -0.15) is 0 Å². The van der Waals surface area contributed by atoms with Gasteiger partial charge in [0.25, 0.3) is 0 Å². The molecular formula is C16H34O. The Kier molecular flexibility index (Phi) is 9.91. The van der Waals surface area contributed by atoms with Crippen molar-refractivity contribution in [2.24, 2.45) is 5.41 Å². The molecule has 1 heteroatoms. The number of rotatable bonds is 10. The molecule has 0 aliphatic heterocycles. The van der Waals surface area contributed by atoms with E-state index in [4.69, 9.17) is 0 Å². The second-order valence-corrected chi connectivity index (χ2v) is 6.50. The number of aliphatic hydroxyl groups is 1. The molecule has 1 atom stereocenters. The molecule has 0 saturated heterocycles. The largest absolute Gasteiger partial charge is 0.393 e. The average Bonchev–Trinajstić information content (AvgIpc) is 2.25. The highest BCUT2D eigenvalue weighted by Crippen LogP contribution is 2.23. The lowest BCUT2D eigenvalue weighted by atomic mass is 9.86. The Balaban J connectivity index is 3.19. The lowest BCUT2D eigenvalue weighted by Gasteiger charge is -2.25. The standard InChI is InChI=1S/C16H34O/c1-5-6-7-8-9-10-11-12-13-14-15(17)16(2,3)4/h15,17H,5-14H2,1-4H3/t15-/m1/s1. The topological polar surface area (TPSA) is 20.2 Å². The third-order valence-corrected chi connectivity index (χ3v) is 3.58. The normalized spacial score (nSPS) is 13.9. The van der Waals surface area contributed by atoms with Gasteiger partial charge in [0.1, 0.15) is 0 Å². The van der Waals surface area contributed by atoms with Gasteiger partial charge >= 0.3 is 0 Å². The van der Waals surface area contributed by atoms with Gasteiger partial charge in [0.2, 0.25) is 0 Å². The summed E-state index contributed by atoms with van der Waals surface area (Å²) in [6.07, 6.45) is 13.0. The van der Waals surface area contributed by atoms with Gasteiger partial charge in [0.15, 0.2) is 0 Å². The third-order valence-electron chi connectivity index (χ3n) is 3.58. The molecule has 17 heavy (non-hydrogen) atoms. The number of hydrogen-bond donors (Lipinski definition) is 1. The van der Waals surface area contributed by atoms with Crippen molar-refractivity contribution in [3.05, 3.63) is 0 Å². The van der Waals surface area contributed by atoms with Crippen molar-refractivity contribution in [1.29, 1.82) is 0 Å². The molecule has 0 aromatic carbocycles.